The summed E-state index contributed by atoms with van der Waals surface area (Å²) in [6, 6.07) is 3.41. The van der Waals surface area contributed by atoms with Gasteiger partial charge in [-0.25, -0.2) is 0 Å². The van der Waals surface area contributed by atoms with E-state index in [-0.39, 0.29) is 0 Å². The van der Waals surface area contributed by atoms with Gasteiger partial charge in [0.2, 0.25) is 0 Å². The Morgan fingerprint density at radius 1 is 1.31 bits per heavy atom. The second kappa shape index (κ2) is 3.89. The third-order valence-corrected chi connectivity index (χ3v) is 2.81. The van der Waals surface area contributed by atoms with Gasteiger partial charge in [-0.15, -0.1) is 0 Å². The van der Waals surface area contributed by atoms with E-state index >= 15 is 0 Å². The maximum absolute atomic E-state index is 10.8. The van der Waals surface area contributed by atoms with Crippen LogP contribution < -0.4 is 4.74 Å². The lowest BCUT2D eigenvalue weighted by Gasteiger charge is -2.13. The van der Waals surface area contributed by atoms with E-state index in [1.54, 1.807) is 33.1 Å². The van der Waals surface area contributed by atoms with E-state index in [4.69, 9.17) is 4.74 Å². The molecule has 0 N–H and O–H groups in total. The summed E-state index contributed by atoms with van der Waals surface area (Å²) in [6.45, 7) is 3.50. The molecule has 3 nitrogen and oxygen atoms in total. The highest BCUT2D eigenvalue weighted by Crippen LogP contribution is 2.23. The summed E-state index contributed by atoms with van der Waals surface area (Å²) in [5, 5.41) is 0. The minimum Gasteiger partial charge on any atom is -0.768 e. The molecule has 1 aromatic rings. The van der Waals surface area contributed by atoms with Crippen LogP contribution in [0.2, 0.25) is 0 Å². The molecule has 0 radical (unpaired) electrons. The van der Waals surface area contributed by atoms with E-state index in [0.717, 1.165) is 0 Å². The number of aryl methyl sites for hydroxylation is 2. The molecule has 0 aliphatic carbocycles. The number of ether oxygens (including phenoxy) is 1. The van der Waals surface area contributed by atoms with E-state index in [9.17, 15) is 8.76 Å². The van der Waals surface area contributed by atoms with Crippen LogP contribution in [0.25, 0.3) is 0 Å². The Balaban J connectivity index is 3.31. The molecule has 0 saturated carbocycles. The average molecular weight is 199 g/mol. The van der Waals surface area contributed by atoms with Gasteiger partial charge < -0.3 is 9.29 Å². The molecule has 1 atom stereocenters. The van der Waals surface area contributed by atoms with Crippen molar-refractivity contribution >= 4 is 11.1 Å². The van der Waals surface area contributed by atoms with Crippen molar-refractivity contribution in [2.75, 3.05) is 7.11 Å². The number of methoxy groups -OCH3 is 1. The van der Waals surface area contributed by atoms with Gasteiger partial charge in [-0.1, -0.05) is 0 Å². The van der Waals surface area contributed by atoms with Crippen LogP contribution in [0.5, 0.6) is 5.75 Å². The molecule has 13 heavy (non-hydrogen) atoms. The summed E-state index contributed by atoms with van der Waals surface area (Å²) in [4.78, 5) is 0.362. The second-order valence-corrected chi connectivity index (χ2v) is 3.70. The number of benzene rings is 1. The molecular weight excluding hydrogens is 188 g/mol. The number of hydrogen-bond donors (Lipinski definition) is 0. The monoisotopic (exact) mass is 199 g/mol. The van der Waals surface area contributed by atoms with Crippen LogP contribution in [0.15, 0.2) is 17.0 Å². The Hall–Kier alpha value is -0.870. The molecule has 0 amide bonds. The summed E-state index contributed by atoms with van der Waals surface area (Å²) in [7, 11) is 1.56. The van der Waals surface area contributed by atoms with Gasteiger partial charge in [0.05, 0.1) is 7.11 Å². The van der Waals surface area contributed by atoms with Gasteiger partial charge in [0.1, 0.15) is 5.75 Å². The number of hydrogen-bond acceptors (Lipinski definition) is 3. The van der Waals surface area contributed by atoms with Crippen molar-refractivity contribution in [3.63, 3.8) is 0 Å². The fourth-order valence-corrected chi connectivity index (χ4v) is 1.93. The molecule has 0 aliphatic rings. The predicted molar refractivity (Wildman–Crippen MR) is 49.7 cm³/mol. The highest BCUT2D eigenvalue weighted by Gasteiger charge is 2.05. The van der Waals surface area contributed by atoms with Crippen LogP contribution >= 0.6 is 0 Å². The van der Waals surface area contributed by atoms with E-state index < -0.39 is 11.1 Å². The zero-order valence-electron chi connectivity index (χ0n) is 7.79. The van der Waals surface area contributed by atoms with Gasteiger partial charge in [-0.3, -0.25) is 4.21 Å². The maximum atomic E-state index is 10.8. The quantitative estimate of drug-likeness (QED) is 0.679. The largest absolute Gasteiger partial charge is 0.768 e. The molecule has 0 fully saturated rings. The average Bonchev–Trinajstić information content (AvgIpc) is 2.02. The minimum atomic E-state index is -2.17. The van der Waals surface area contributed by atoms with Gasteiger partial charge in [0, 0.05) is 4.90 Å². The molecule has 0 heterocycles. The molecule has 4 heteroatoms. The van der Waals surface area contributed by atoms with Crippen LogP contribution in [0.3, 0.4) is 0 Å². The molecular formula is C9H11O3S-. The summed E-state index contributed by atoms with van der Waals surface area (Å²) in [6.07, 6.45) is 0. The molecule has 1 rings (SSSR count). The van der Waals surface area contributed by atoms with Crippen LogP contribution in [-0.2, 0) is 11.1 Å². The second-order valence-electron chi connectivity index (χ2n) is 2.83. The first-order valence-electron chi connectivity index (χ1n) is 3.80. The first-order chi connectivity index (χ1) is 6.06. The maximum Gasteiger partial charge on any atom is 0.119 e. The Labute approximate surface area is 80.0 Å². The summed E-state index contributed by atoms with van der Waals surface area (Å²) in [5.74, 6) is 0.684. The molecule has 72 valence electrons. The van der Waals surface area contributed by atoms with Crippen molar-refractivity contribution in [2.24, 2.45) is 0 Å². The fraction of sp³-hybridized carbons (Fsp3) is 0.333. The van der Waals surface area contributed by atoms with Crippen LogP contribution in [-0.4, -0.2) is 15.9 Å². The first-order valence-corrected chi connectivity index (χ1v) is 4.88. The SMILES string of the molecule is COc1cc(C)c(S(=O)[O-])c(C)c1. The molecule has 0 aliphatic heterocycles. The molecule has 0 spiro atoms. The Bertz CT molecular complexity index is 324. The van der Waals surface area contributed by atoms with Crippen molar-refractivity contribution in [1.82, 2.24) is 0 Å². The minimum absolute atomic E-state index is 0.362. The molecule has 0 aromatic heterocycles. The third-order valence-electron chi connectivity index (χ3n) is 1.84. The van der Waals surface area contributed by atoms with E-state index in [1.165, 1.54) is 0 Å². The van der Waals surface area contributed by atoms with Crippen molar-refractivity contribution in [3.05, 3.63) is 23.3 Å². The Morgan fingerprint density at radius 2 is 1.77 bits per heavy atom. The molecule has 0 saturated heterocycles. The molecule has 1 unspecified atom stereocenters. The van der Waals surface area contributed by atoms with Crippen LogP contribution in [0.4, 0.5) is 0 Å². The standard InChI is InChI=1S/C9H12O3S/c1-6-4-8(12-3)5-7(2)9(6)13(10)11/h4-5H,1-3H3,(H,10,11)/p-1. The van der Waals surface area contributed by atoms with Crippen LogP contribution in [0.1, 0.15) is 11.1 Å². The highest BCUT2D eigenvalue weighted by atomic mass is 32.2. The molecule has 0 bridgehead atoms. The molecule has 1 aromatic carbocycles. The van der Waals surface area contributed by atoms with Gasteiger partial charge >= 0.3 is 0 Å². The fourth-order valence-electron chi connectivity index (χ4n) is 1.29. The summed E-state index contributed by atoms with van der Waals surface area (Å²) in [5.41, 5.74) is 1.43. The Kier molecular flexibility index (Phi) is 3.06. The van der Waals surface area contributed by atoms with Crippen molar-refractivity contribution < 1.29 is 13.5 Å². The van der Waals surface area contributed by atoms with E-state index in [0.29, 0.717) is 21.8 Å². The zero-order valence-corrected chi connectivity index (χ0v) is 8.60. The topological polar surface area (TPSA) is 49.4 Å². The van der Waals surface area contributed by atoms with Crippen LogP contribution in [0, 0.1) is 13.8 Å². The van der Waals surface area contributed by atoms with Crippen molar-refractivity contribution in [1.29, 1.82) is 0 Å². The number of rotatable bonds is 2. The van der Waals surface area contributed by atoms with Gasteiger partial charge in [0.15, 0.2) is 0 Å². The van der Waals surface area contributed by atoms with Gasteiger partial charge in [-0.05, 0) is 48.2 Å². The lowest BCUT2D eigenvalue weighted by Crippen LogP contribution is -1.97. The Morgan fingerprint density at radius 3 is 2.08 bits per heavy atom. The normalized spacial score (nSPS) is 12.6. The van der Waals surface area contributed by atoms with E-state index in [1.807, 2.05) is 0 Å². The highest BCUT2D eigenvalue weighted by molar-refractivity contribution is 7.79. The third kappa shape index (κ3) is 2.08. The lowest BCUT2D eigenvalue weighted by molar-refractivity contribution is 0.413. The van der Waals surface area contributed by atoms with Crippen molar-refractivity contribution in [3.8, 4) is 5.75 Å². The zero-order chi connectivity index (χ0) is 10.0. The van der Waals surface area contributed by atoms with Crippen molar-refractivity contribution in [2.45, 2.75) is 18.7 Å². The summed E-state index contributed by atoms with van der Waals surface area (Å²) < 4.78 is 26.6. The first kappa shape index (κ1) is 10.2. The summed E-state index contributed by atoms with van der Waals surface area (Å²) >= 11 is -2.17. The van der Waals surface area contributed by atoms with Gasteiger partial charge in [0.25, 0.3) is 0 Å². The lowest BCUT2D eigenvalue weighted by atomic mass is 10.1. The van der Waals surface area contributed by atoms with Gasteiger partial charge in [-0.2, -0.15) is 0 Å². The smallest absolute Gasteiger partial charge is 0.119 e. The predicted octanol–water partition coefficient (Wildman–Crippen LogP) is 1.55. The van der Waals surface area contributed by atoms with E-state index in [2.05, 4.69) is 0 Å².